The van der Waals surface area contributed by atoms with E-state index in [1.54, 1.807) is 0 Å². The van der Waals surface area contributed by atoms with Crippen molar-refractivity contribution in [1.29, 1.82) is 0 Å². The average molecular weight is 259 g/mol. The molecular formula is C17H25NO. The highest BCUT2D eigenvalue weighted by Crippen LogP contribution is 2.43. The van der Waals surface area contributed by atoms with E-state index in [0.717, 1.165) is 32.4 Å². The van der Waals surface area contributed by atoms with E-state index in [1.807, 2.05) is 0 Å². The van der Waals surface area contributed by atoms with E-state index < -0.39 is 5.60 Å². The molecule has 19 heavy (non-hydrogen) atoms. The molecule has 1 N–H and O–H groups in total. The second kappa shape index (κ2) is 5.26. The molecule has 1 saturated carbocycles. The third-order valence-electron chi connectivity index (χ3n) is 5.04. The molecule has 0 radical (unpaired) electrons. The molecule has 2 aliphatic rings. The molecule has 2 fully saturated rings. The minimum Gasteiger partial charge on any atom is -0.385 e. The van der Waals surface area contributed by atoms with Crippen molar-refractivity contribution in [3.63, 3.8) is 0 Å². The van der Waals surface area contributed by atoms with Crippen molar-refractivity contribution < 1.29 is 5.11 Å². The summed E-state index contributed by atoms with van der Waals surface area (Å²) in [6.07, 6.45) is 6.81. The maximum absolute atomic E-state index is 11.2. The monoisotopic (exact) mass is 259 g/mol. The number of hydrogen-bond donors (Lipinski definition) is 1. The fourth-order valence-corrected chi connectivity index (χ4v) is 3.52. The zero-order chi connectivity index (χ0) is 13.3. The van der Waals surface area contributed by atoms with E-state index in [9.17, 15) is 5.11 Å². The molecule has 1 unspecified atom stereocenters. The van der Waals surface area contributed by atoms with Crippen molar-refractivity contribution in [2.24, 2.45) is 0 Å². The summed E-state index contributed by atoms with van der Waals surface area (Å²) in [6, 6.07) is 8.62. The summed E-state index contributed by atoms with van der Waals surface area (Å²) in [4.78, 5) is 2.34. The first-order valence-corrected chi connectivity index (χ1v) is 7.69. The molecule has 1 heterocycles. The zero-order valence-electron chi connectivity index (χ0n) is 11.9. The Balaban J connectivity index is 1.91. The molecule has 1 aromatic rings. The van der Waals surface area contributed by atoms with Crippen LogP contribution in [0.4, 0.5) is 0 Å². The largest absolute Gasteiger partial charge is 0.385 e. The van der Waals surface area contributed by atoms with E-state index in [4.69, 9.17) is 0 Å². The molecule has 0 spiro atoms. The van der Waals surface area contributed by atoms with Crippen molar-refractivity contribution in [1.82, 2.24) is 4.90 Å². The predicted molar refractivity (Wildman–Crippen MR) is 78.3 cm³/mol. The van der Waals surface area contributed by atoms with Crippen LogP contribution in [0, 0.1) is 0 Å². The number of hydrogen-bond acceptors (Lipinski definition) is 2. The standard InChI is InChI=1S/C17H25NO/c1-18-12-5-10-17(19,11-13-18)16-9-3-2-8-15(16)14-6-4-7-14/h2-3,8-9,14,19H,4-7,10-13H2,1H3. The summed E-state index contributed by atoms with van der Waals surface area (Å²) in [7, 11) is 2.16. The van der Waals surface area contributed by atoms with Crippen LogP contribution in [0.15, 0.2) is 24.3 Å². The number of likely N-dealkylation sites (tertiary alicyclic amines) is 1. The van der Waals surface area contributed by atoms with Gasteiger partial charge in [-0.15, -0.1) is 0 Å². The van der Waals surface area contributed by atoms with Gasteiger partial charge in [-0.3, -0.25) is 0 Å². The first-order chi connectivity index (χ1) is 9.19. The molecule has 0 aromatic heterocycles. The normalized spacial score (nSPS) is 29.8. The fourth-order valence-electron chi connectivity index (χ4n) is 3.52. The SMILES string of the molecule is CN1CCCC(O)(c2ccccc2C2CCC2)CC1. The minimum atomic E-state index is -0.600. The third kappa shape index (κ3) is 2.56. The Morgan fingerprint density at radius 1 is 1.11 bits per heavy atom. The Labute approximate surface area is 116 Å². The summed E-state index contributed by atoms with van der Waals surface area (Å²) in [6.45, 7) is 2.10. The Bertz CT molecular complexity index is 441. The lowest BCUT2D eigenvalue weighted by molar-refractivity contribution is 0.0202. The van der Waals surface area contributed by atoms with Crippen molar-refractivity contribution in [2.45, 2.75) is 50.0 Å². The topological polar surface area (TPSA) is 23.5 Å². The molecule has 2 heteroatoms. The maximum Gasteiger partial charge on any atom is 0.0912 e. The Morgan fingerprint density at radius 2 is 1.89 bits per heavy atom. The number of benzene rings is 1. The van der Waals surface area contributed by atoms with Crippen LogP contribution >= 0.6 is 0 Å². The number of rotatable bonds is 2. The van der Waals surface area contributed by atoms with Gasteiger partial charge in [-0.2, -0.15) is 0 Å². The van der Waals surface area contributed by atoms with Crippen LogP contribution in [0.1, 0.15) is 55.6 Å². The van der Waals surface area contributed by atoms with E-state index >= 15 is 0 Å². The van der Waals surface area contributed by atoms with Crippen LogP contribution in [0.2, 0.25) is 0 Å². The van der Waals surface area contributed by atoms with Gasteiger partial charge in [0.2, 0.25) is 0 Å². The molecule has 1 saturated heterocycles. The lowest BCUT2D eigenvalue weighted by atomic mass is 9.73. The van der Waals surface area contributed by atoms with E-state index in [0.29, 0.717) is 5.92 Å². The maximum atomic E-state index is 11.2. The van der Waals surface area contributed by atoms with E-state index in [1.165, 1.54) is 30.4 Å². The van der Waals surface area contributed by atoms with Gasteiger partial charge in [0.25, 0.3) is 0 Å². The van der Waals surface area contributed by atoms with Crippen LogP contribution in [-0.4, -0.2) is 30.1 Å². The predicted octanol–water partition coefficient (Wildman–Crippen LogP) is 3.26. The third-order valence-corrected chi connectivity index (χ3v) is 5.04. The second-order valence-electron chi connectivity index (χ2n) is 6.40. The zero-order valence-corrected chi connectivity index (χ0v) is 11.9. The van der Waals surface area contributed by atoms with Crippen molar-refractivity contribution in [2.75, 3.05) is 20.1 Å². The van der Waals surface area contributed by atoms with Crippen LogP contribution in [0.25, 0.3) is 0 Å². The molecule has 1 atom stereocenters. The quantitative estimate of drug-likeness (QED) is 0.881. The molecule has 1 aliphatic carbocycles. The van der Waals surface area contributed by atoms with Crippen molar-refractivity contribution in [3.05, 3.63) is 35.4 Å². The van der Waals surface area contributed by atoms with Crippen molar-refractivity contribution in [3.8, 4) is 0 Å². The van der Waals surface area contributed by atoms with Gasteiger partial charge in [-0.1, -0.05) is 30.7 Å². The fraction of sp³-hybridized carbons (Fsp3) is 0.647. The lowest BCUT2D eigenvalue weighted by Gasteiger charge is -2.34. The van der Waals surface area contributed by atoms with Crippen LogP contribution in [-0.2, 0) is 5.60 Å². The highest BCUT2D eigenvalue weighted by Gasteiger charge is 2.35. The van der Waals surface area contributed by atoms with Gasteiger partial charge in [0, 0.05) is 6.54 Å². The summed E-state index contributed by atoms with van der Waals surface area (Å²) in [5, 5.41) is 11.2. The first-order valence-electron chi connectivity index (χ1n) is 7.69. The summed E-state index contributed by atoms with van der Waals surface area (Å²) >= 11 is 0. The minimum absolute atomic E-state index is 0.600. The van der Waals surface area contributed by atoms with E-state index in [2.05, 4.69) is 36.2 Å². The summed E-state index contributed by atoms with van der Waals surface area (Å²) < 4.78 is 0. The molecule has 1 aliphatic heterocycles. The molecule has 0 amide bonds. The van der Waals surface area contributed by atoms with Gasteiger partial charge in [-0.05, 0) is 62.7 Å². The highest BCUT2D eigenvalue weighted by molar-refractivity contribution is 5.36. The van der Waals surface area contributed by atoms with Gasteiger partial charge in [-0.25, -0.2) is 0 Å². The Kier molecular flexibility index (Phi) is 3.64. The molecule has 104 valence electrons. The van der Waals surface area contributed by atoms with E-state index in [-0.39, 0.29) is 0 Å². The molecule has 2 nitrogen and oxygen atoms in total. The second-order valence-corrected chi connectivity index (χ2v) is 6.40. The number of aliphatic hydroxyl groups is 1. The smallest absolute Gasteiger partial charge is 0.0912 e. The van der Waals surface area contributed by atoms with Crippen LogP contribution < -0.4 is 0 Å². The van der Waals surface area contributed by atoms with Gasteiger partial charge < -0.3 is 10.0 Å². The average Bonchev–Trinajstić information content (AvgIpc) is 2.51. The molecule has 0 bridgehead atoms. The Morgan fingerprint density at radius 3 is 2.63 bits per heavy atom. The first kappa shape index (κ1) is 13.1. The van der Waals surface area contributed by atoms with Gasteiger partial charge in [0.1, 0.15) is 0 Å². The van der Waals surface area contributed by atoms with Crippen LogP contribution in [0.5, 0.6) is 0 Å². The molecule has 3 rings (SSSR count). The molecular weight excluding hydrogens is 234 g/mol. The van der Waals surface area contributed by atoms with Gasteiger partial charge >= 0.3 is 0 Å². The highest BCUT2D eigenvalue weighted by atomic mass is 16.3. The molecule has 1 aromatic carbocycles. The van der Waals surface area contributed by atoms with Crippen molar-refractivity contribution >= 4 is 0 Å². The van der Waals surface area contributed by atoms with Gasteiger partial charge in [0.15, 0.2) is 0 Å². The lowest BCUT2D eigenvalue weighted by Crippen LogP contribution is -2.30. The summed E-state index contributed by atoms with van der Waals surface area (Å²) in [5.74, 6) is 0.696. The van der Waals surface area contributed by atoms with Crippen LogP contribution in [0.3, 0.4) is 0 Å². The number of nitrogens with zero attached hydrogens (tertiary/aromatic N) is 1. The summed E-state index contributed by atoms with van der Waals surface area (Å²) in [5.41, 5.74) is 2.03. The van der Waals surface area contributed by atoms with Gasteiger partial charge in [0.05, 0.1) is 5.60 Å². The Hall–Kier alpha value is -0.860.